The van der Waals surface area contributed by atoms with Crippen molar-refractivity contribution < 1.29 is 14.3 Å². The van der Waals surface area contributed by atoms with Crippen molar-refractivity contribution in [2.24, 2.45) is 0 Å². The summed E-state index contributed by atoms with van der Waals surface area (Å²) in [7, 11) is 1.33. The highest BCUT2D eigenvalue weighted by molar-refractivity contribution is 7.80. The quantitative estimate of drug-likeness (QED) is 0.449. The molecule has 1 aromatic carbocycles. The van der Waals surface area contributed by atoms with Crippen molar-refractivity contribution in [3.63, 3.8) is 0 Å². The van der Waals surface area contributed by atoms with Gasteiger partial charge in [0.2, 0.25) is 0 Å². The molecule has 0 aliphatic heterocycles. The molecule has 1 aromatic heterocycles. The fourth-order valence-electron chi connectivity index (χ4n) is 3.21. The maximum absolute atomic E-state index is 12.9. The summed E-state index contributed by atoms with van der Waals surface area (Å²) in [5.41, 5.74) is 2.07. The summed E-state index contributed by atoms with van der Waals surface area (Å²) in [6.07, 6.45) is 0.838. The monoisotopic (exact) mass is 447 g/mol. The highest BCUT2D eigenvalue weighted by Crippen LogP contribution is 2.34. The molecule has 0 radical (unpaired) electrons. The molecule has 0 aliphatic rings. The molecule has 1 heterocycles. The number of carbonyl (C=O) groups excluding carboxylic acids is 2. The van der Waals surface area contributed by atoms with E-state index in [1.807, 2.05) is 44.2 Å². The summed E-state index contributed by atoms with van der Waals surface area (Å²) in [5.74, 6) is -0.599. The van der Waals surface area contributed by atoms with Gasteiger partial charge >= 0.3 is 5.97 Å². The summed E-state index contributed by atoms with van der Waals surface area (Å²) >= 11 is 6.74. The molecule has 0 spiro atoms. The SMILES string of the molecule is CCC(NC(=S)Nc1sc(C(=O)N(CC)CC)c(C)c1C(=O)OC)c1ccccc1. The fourth-order valence-corrected chi connectivity index (χ4v) is 4.69. The van der Waals surface area contributed by atoms with Crippen LogP contribution in [0.1, 0.15) is 64.4 Å². The van der Waals surface area contributed by atoms with Crippen molar-refractivity contribution in [2.75, 3.05) is 25.5 Å². The average Bonchev–Trinajstić information content (AvgIpc) is 3.08. The molecule has 8 heteroatoms. The van der Waals surface area contributed by atoms with Crippen LogP contribution in [0.25, 0.3) is 0 Å². The lowest BCUT2D eigenvalue weighted by Gasteiger charge is -2.20. The largest absolute Gasteiger partial charge is 0.465 e. The standard InChI is InChI=1S/C22H29N3O3S2/c1-6-16(15-12-10-9-11-13-15)23-22(29)24-19-17(21(27)28-5)14(4)18(30-19)20(26)25(7-2)8-3/h9-13,16H,6-8H2,1-5H3,(H2,23,24,29). The van der Waals surface area contributed by atoms with Crippen molar-refractivity contribution in [1.29, 1.82) is 0 Å². The Morgan fingerprint density at radius 1 is 1.17 bits per heavy atom. The lowest BCUT2D eigenvalue weighted by Crippen LogP contribution is -2.32. The van der Waals surface area contributed by atoms with Gasteiger partial charge in [0.1, 0.15) is 5.00 Å². The summed E-state index contributed by atoms with van der Waals surface area (Å²) in [5, 5.41) is 7.31. The van der Waals surface area contributed by atoms with Gasteiger partial charge in [-0.05, 0) is 50.5 Å². The third-order valence-corrected chi connectivity index (χ3v) is 6.34. The molecule has 162 valence electrons. The van der Waals surface area contributed by atoms with Crippen molar-refractivity contribution in [2.45, 2.75) is 40.2 Å². The van der Waals surface area contributed by atoms with E-state index in [0.29, 0.717) is 39.2 Å². The van der Waals surface area contributed by atoms with Crippen LogP contribution in [0.5, 0.6) is 0 Å². The Kier molecular flexibility index (Phi) is 8.80. The van der Waals surface area contributed by atoms with Gasteiger partial charge < -0.3 is 20.3 Å². The minimum absolute atomic E-state index is 0.0330. The zero-order chi connectivity index (χ0) is 22.3. The molecule has 6 nitrogen and oxygen atoms in total. The van der Waals surface area contributed by atoms with Gasteiger partial charge in [0, 0.05) is 13.1 Å². The van der Waals surface area contributed by atoms with Crippen LogP contribution in [0.3, 0.4) is 0 Å². The Balaban J connectivity index is 2.31. The molecule has 2 N–H and O–H groups in total. The van der Waals surface area contributed by atoms with Gasteiger partial charge in [0.15, 0.2) is 5.11 Å². The molecule has 2 aromatic rings. The number of hydrogen-bond donors (Lipinski definition) is 2. The molecule has 2 rings (SSSR count). The van der Waals surface area contributed by atoms with E-state index in [9.17, 15) is 9.59 Å². The van der Waals surface area contributed by atoms with E-state index in [1.54, 1.807) is 11.8 Å². The van der Waals surface area contributed by atoms with E-state index in [1.165, 1.54) is 18.4 Å². The molecule has 1 atom stereocenters. The van der Waals surface area contributed by atoms with E-state index in [2.05, 4.69) is 17.6 Å². The molecular weight excluding hydrogens is 418 g/mol. The van der Waals surface area contributed by atoms with Crippen LogP contribution in [-0.4, -0.2) is 42.1 Å². The summed E-state index contributed by atoms with van der Waals surface area (Å²) in [4.78, 5) is 27.6. The first-order valence-electron chi connectivity index (χ1n) is 10.0. The van der Waals surface area contributed by atoms with Gasteiger partial charge in [-0.3, -0.25) is 4.79 Å². The topological polar surface area (TPSA) is 70.7 Å². The Morgan fingerprint density at radius 3 is 2.33 bits per heavy atom. The second kappa shape index (κ2) is 11.1. The Morgan fingerprint density at radius 2 is 1.80 bits per heavy atom. The fraction of sp³-hybridized carbons (Fsp3) is 0.409. The number of anilines is 1. The first-order chi connectivity index (χ1) is 14.4. The van der Waals surface area contributed by atoms with Gasteiger partial charge in [-0.1, -0.05) is 37.3 Å². The molecule has 0 saturated heterocycles. The van der Waals surface area contributed by atoms with Gasteiger partial charge in [-0.25, -0.2) is 4.79 Å². The molecule has 30 heavy (non-hydrogen) atoms. The van der Waals surface area contributed by atoms with Crippen molar-refractivity contribution >= 4 is 45.5 Å². The van der Waals surface area contributed by atoms with Gasteiger partial charge in [-0.15, -0.1) is 11.3 Å². The number of hydrogen-bond acceptors (Lipinski definition) is 5. The smallest absolute Gasteiger partial charge is 0.341 e. The number of benzene rings is 1. The third kappa shape index (κ3) is 5.37. The second-order valence-electron chi connectivity index (χ2n) is 6.70. The molecule has 0 saturated carbocycles. The molecule has 0 fully saturated rings. The van der Waals surface area contributed by atoms with E-state index >= 15 is 0 Å². The number of methoxy groups -OCH3 is 1. The van der Waals surface area contributed by atoms with Gasteiger partial charge in [-0.2, -0.15) is 0 Å². The summed E-state index contributed by atoms with van der Waals surface area (Å²) in [6.45, 7) is 8.89. The molecule has 1 amide bonds. The number of thiophene rings is 1. The third-order valence-electron chi connectivity index (χ3n) is 4.92. The van der Waals surface area contributed by atoms with Crippen molar-refractivity contribution in [1.82, 2.24) is 10.2 Å². The van der Waals surface area contributed by atoms with Crippen molar-refractivity contribution in [3.8, 4) is 0 Å². The Hall–Kier alpha value is -2.45. The maximum atomic E-state index is 12.9. The summed E-state index contributed by atoms with van der Waals surface area (Å²) < 4.78 is 4.96. The second-order valence-corrected chi connectivity index (χ2v) is 8.13. The van der Waals surface area contributed by atoms with Gasteiger partial charge in [0.05, 0.1) is 23.6 Å². The van der Waals surface area contributed by atoms with E-state index in [-0.39, 0.29) is 11.9 Å². The van der Waals surface area contributed by atoms with E-state index in [4.69, 9.17) is 17.0 Å². The minimum Gasteiger partial charge on any atom is -0.465 e. The lowest BCUT2D eigenvalue weighted by molar-refractivity contribution is 0.0601. The molecule has 0 aliphatic carbocycles. The summed E-state index contributed by atoms with van der Waals surface area (Å²) in [6, 6.07) is 10.1. The first kappa shape index (κ1) is 23.8. The minimum atomic E-state index is -0.497. The normalized spacial score (nSPS) is 11.5. The van der Waals surface area contributed by atoms with Crippen LogP contribution in [-0.2, 0) is 4.74 Å². The van der Waals surface area contributed by atoms with Crippen LogP contribution in [0.2, 0.25) is 0 Å². The number of rotatable bonds is 8. The number of nitrogens with one attached hydrogen (secondary N) is 2. The predicted octanol–water partition coefficient (Wildman–Crippen LogP) is 4.76. The number of ether oxygens (including phenoxy) is 1. The Labute approximate surface area is 187 Å². The number of thiocarbonyl (C=S) groups is 1. The number of nitrogens with zero attached hydrogens (tertiary/aromatic N) is 1. The van der Waals surface area contributed by atoms with E-state index in [0.717, 1.165) is 12.0 Å². The van der Waals surface area contributed by atoms with Crippen LogP contribution in [0.15, 0.2) is 30.3 Å². The first-order valence-corrected chi connectivity index (χ1v) is 11.2. The molecular formula is C22H29N3O3S2. The van der Waals surface area contributed by atoms with Crippen LogP contribution < -0.4 is 10.6 Å². The van der Waals surface area contributed by atoms with Crippen LogP contribution >= 0.6 is 23.6 Å². The number of carbonyl (C=O) groups is 2. The Bertz CT molecular complexity index is 893. The van der Waals surface area contributed by atoms with Crippen LogP contribution in [0.4, 0.5) is 5.00 Å². The highest BCUT2D eigenvalue weighted by atomic mass is 32.1. The maximum Gasteiger partial charge on any atom is 0.341 e. The van der Waals surface area contributed by atoms with Crippen molar-refractivity contribution in [3.05, 3.63) is 51.9 Å². The zero-order valence-electron chi connectivity index (χ0n) is 18.1. The highest BCUT2D eigenvalue weighted by Gasteiger charge is 2.27. The lowest BCUT2D eigenvalue weighted by atomic mass is 10.1. The predicted molar refractivity (Wildman–Crippen MR) is 126 cm³/mol. The number of esters is 1. The molecule has 1 unspecified atom stereocenters. The van der Waals surface area contributed by atoms with E-state index < -0.39 is 5.97 Å². The van der Waals surface area contributed by atoms with Crippen LogP contribution in [0, 0.1) is 6.92 Å². The molecule has 0 bridgehead atoms. The van der Waals surface area contributed by atoms with Gasteiger partial charge in [0.25, 0.3) is 5.91 Å². The zero-order valence-corrected chi connectivity index (χ0v) is 19.7. The number of amides is 1. The average molecular weight is 448 g/mol.